The van der Waals surface area contributed by atoms with E-state index in [2.05, 4.69) is 101 Å². The van der Waals surface area contributed by atoms with Crippen molar-refractivity contribution in [3.63, 3.8) is 0 Å². The van der Waals surface area contributed by atoms with E-state index in [9.17, 15) is 0 Å². The average molecular weight is 391 g/mol. The monoisotopic (exact) mass is 390 g/mol. The van der Waals surface area contributed by atoms with Crippen molar-refractivity contribution in [2.75, 3.05) is 26.2 Å². The molecule has 1 atom stereocenters. The minimum atomic E-state index is 0.143. The highest BCUT2D eigenvalue weighted by atomic mass is 16.5. The SMILES string of the molecule is CC(C)c1noc([C@@H](C)N2CCN(C(c3ccccc3)c3ccccc3)CC2)n1. The number of aromatic nitrogens is 2. The molecular formula is C24H30N4O. The molecule has 3 aromatic rings. The van der Waals surface area contributed by atoms with Crippen LogP contribution in [-0.2, 0) is 0 Å². The van der Waals surface area contributed by atoms with Crippen molar-refractivity contribution in [1.29, 1.82) is 0 Å². The molecule has 0 bridgehead atoms. The van der Waals surface area contributed by atoms with Crippen LogP contribution in [0.15, 0.2) is 65.2 Å². The van der Waals surface area contributed by atoms with E-state index < -0.39 is 0 Å². The van der Waals surface area contributed by atoms with Gasteiger partial charge in [-0.05, 0) is 18.1 Å². The van der Waals surface area contributed by atoms with E-state index in [-0.39, 0.29) is 18.0 Å². The average Bonchev–Trinajstić information content (AvgIpc) is 3.26. The molecule has 1 aromatic heterocycles. The molecule has 0 unspecified atom stereocenters. The lowest BCUT2D eigenvalue weighted by Crippen LogP contribution is -2.48. The van der Waals surface area contributed by atoms with Crippen molar-refractivity contribution in [3.8, 4) is 0 Å². The molecule has 1 saturated heterocycles. The molecule has 152 valence electrons. The molecule has 1 fully saturated rings. The summed E-state index contributed by atoms with van der Waals surface area (Å²) in [7, 11) is 0. The van der Waals surface area contributed by atoms with Crippen molar-refractivity contribution in [1.82, 2.24) is 19.9 Å². The standard InChI is InChI=1S/C24H30N4O/c1-18(2)23-25-24(29-26-23)19(3)27-14-16-28(17-15-27)22(20-10-6-4-7-11-20)21-12-8-5-9-13-21/h4-13,18-19,22H,14-17H2,1-3H3/t19-/m1/s1. The molecule has 2 heterocycles. The van der Waals surface area contributed by atoms with Crippen molar-refractivity contribution < 1.29 is 4.52 Å². The molecule has 29 heavy (non-hydrogen) atoms. The number of rotatable bonds is 6. The van der Waals surface area contributed by atoms with E-state index in [4.69, 9.17) is 4.52 Å². The molecule has 2 aromatic carbocycles. The van der Waals surface area contributed by atoms with Crippen molar-refractivity contribution in [2.24, 2.45) is 0 Å². The van der Waals surface area contributed by atoms with Crippen LogP contribution in [0.25, 0.3) is 0 Å². The first kappa shape index (κ1) is 19.8. The van der Waals surface area contributed by atoms with Crippen LogP contribution in [0.1, 0.15) is 61.6 Å². The first-order valence-corrected chi connectivity index (χ1v) is 10.5. The second-order valence-electron chi connectivity index (χ2n) is 8.12. The van der Waals surface area contributed by atoms with Gasteiger partial charge in [0, 0.05) is 32.1 Å². The van der Waals surface area contributed by atoms with Gasteiger partial charge in [-0.1, -0.05) is 79.7 Å². The van der Waals surface area contributed by atoms with Crippen LogP contribution in [0, 0.1) is 0 Å². The zero-order valence-electron chi connectivity index (χ0n) is 17.5. The van der Waals surface area contributed by atoms with Gasteiger partial charge in [-0.15, -0.1) is 0 Å². The molecule has 5 heteroatoms. The molecule has 0 N–H and O–H groups in total. The van der Waals surface area contributed by atoms with E-state index in [1.54, 1.807) is 0 Å². The summed E-state index contributed by atoms with van der Waals surface area (Å²) in [5, 5.41) is 4.13. The summed E-state index contributed by atoms with van der Waals surface area (Å²) in [6.45, 7) is 10.3. The van der Waals surface area contributed by atoms with Crippen LogP contribution in [0.5, 0.6) is 0 Å². The Labute approximate surface area is 173 Å². The Hall–Kier alpha value is -2.50. The lowest BCUT2D eigenvalue weighted by atomic mass is 9.96. The molecule has 0 amide bonds. The van der Waals surface area contributed by atoms with Gasteiger partial charge >= 0.3 is 0 Å². The minimum Gasteiger partial charge on any atom is -0.338 e. The second-order valence-corrected chi connectivity index (χ2v) is 8.12. The summed E-state index contributed by atoms with van der Waals surface area (Å²) in [5.41, 5.74) is 2.69. The van der Waals surface area contributed by atoms with Crippen molar-refractivity contribution >= 4 is 0 Å². The van der Waals surface area contributed by atoms with Crippen LogP contribution in [0.2, 0.25) is 0 Å². The predicted octanol–water partition coefficient (Wildman–Crippen LogP) is 4.66. The van der Waals surface area contributed by atoms with Gasteiger partial charge in [-0.3, -0.25) is 9.80 Å². The lowest BCUT2D eigenvalue weighted by molar-refractivity contribution is 0.0726. The summed E-state index contributed by atoms with van der Waals surface area (Å²) in [6.07, 6.45) is 0. The summed E-state index contributed by atoms with van der Waals surface area (Å²) in [6, 6.07) is 22.1. The number of benzene rings is 2. The Balaban J connectivity index is 1.48. The van der Waals surface area contributed by atoms with Gasteiger partial charge in [0.15, 0.2) is 5.82 Å². The zero-order chi connectivity index (χ0) is 20.2. The second kappa shape index (κ2) is 8.89. The summed E-state index contributed by atoms with van der Waals surface area (Å²) in [5.74, 6) is 1.80. The first-order chi connectivity index (χ1) is 14.1. The Morgan fingerprint density at radius 1 is 0.759 bits per heavy atom. The number of nitrogens with zero attached hydrogens (tertiary/aromatic N) is 4. The largest absolute Gasteiger partial charge is 0.338 e. The van der Waals surface area contributed by atoms with E-state index in [1.807, 2.05) is 0 Å². The molecule has 1 aliphatic heterocycles. The third-order valence-electron chi connectivity index (χ3n) is 5.82. The quantitative estimate of drug-likeness (QED) is 0.612. The molecule has 0 spiro atoms. The van der Waals surface area contributed by atoms with Crippen LogP contribution >= 0.6 is 0 Å². The highest BCUT2D eigenvalue weighted by Crippen LogP contribution is 2.31. The van der Waals surface area contributed by atoms with Gasteiger partial charge < -0.3 is 4.52 Å². The highest BCUT2D eigenvalue weighted by Gasteiger charge is 2.30. The fourth-order valence-electron chi connectivity index (χ4n) is 4.08. The molecule has 5 nitrogen and oxygen atoms in total. The maximum absolute atomic E-state index is 5.54. The molecule has 0 aliphatic carbocycles. The third-order valence-corrected chi connectivity index (χ3v) is 5.82. The fourth-order valence-corrected chi connectivity index (χ4v) is 4.08. The van der Waals surface area contributed by atoms with Gasteiger partial charge in [-0.2, -0.15) is 4.98 Å². The predicted molar refractivity (Wildman–Crippen MR) is 115 cm³/mol. The minimum absolute atomic E-state index is 0.143. The van der Waals surface area contributed by atoms with E-state index >= 15 is 0 Å². The molecule has 1 aliphatic rings. The summed E-state index contributed by atoms with van der Waals surface area (Å²) in [4.78, 5) is 9.63. The smallest absolute Gasteiger partial charge is 0.243 e. The van der Waals surface area contributed by atoms with Crippen LogP contribution in [-0.4, -0.2) is 46.1 Å². The highest BCUT2D eigenvalue weighted by molar-refractivity contribution is 5.32. The third kappa shape index (κ3) is 4.41. The lowest BCUT2D eigenvalue weighted by Gasteiger charge is -2.41. The van der Waals surface area contributed by atoms with Crippen LogP contribution < -0.4 is 0 Å². The van der Waals surface area contributed by atoms with Gasteiger partial charge in [0.25, 0.3) is 0 Å². The zero-order valence-corrected chi connectivity index (χ0v) is 17.5. The number of piperazine rings is 1. The molecule has 0 radical (unpaired) electrons. The Morgan fingerprint density at radius 2 is 1.28 bits per heavy atom. The normalized spacial score (nSPS) is 17.1. The Kier molecular flexibility index (Phi) is 6.07. The van der Waals surface area contributed by atoms with E-state index in [0.717, 1.165) is 37.9 Å². The van der Waals surface area contributed by atoms with E-state index in [0.29, 0.717) is 0 Å². The molecule has 0 saturated carbocycles. The van der Waals surface area contributed by atoms with Gasteiger partial charge in [0.2, 0.25) is 5.89 Å². The van der Waals surface area contributed by atoms with Crippen LogP contribution in [0.4, 0.5) is 0 Å². The fraction of sp³-hybridized carbons (Fsp3) is 0.417. The maximum Gasteiger partial charge on any atom is 0.243 e. The van der Waals surface area contributed by atoms with Gasteiger partial charge in [-0.25, -0.2) is 0 Å². The van der Waals surface area contributed by atoms with E-state index in [1.165, 1.54) is 11.1 Å². The summed E-state index contributed by atoms with van der Waals surface area (Å²) >= 11 is 0. The Bertz CT molecular complexity index is 846. The summed E-state index contributed by atoms with van der Waals surface area (Å²) < 4.78 is 5.54. The topological polar surface area (TPSA) is 45.4 Å². The number of hydrogen-bond acceptors (Lipinski definition) is 5. The Morgan fingerprint density at radius 3 is 1.76 bits per heavy atom. The molecule has 4 rings (SSSR count). The maximum atomic E-state index is 5.54. The first-order valence-electron chi connectivity index (χ1n) is 10.5. The van der Waals surface area contributed by atoms with Gasteiger partial charge in [0.1, 0.15) is 0 Å². The van der Waals surface area contributed by atoms with Crippen molar-refractivity contribution in [2.45, 2.75) is 38.8 Å². The number of hydrogen-bond donors (Lipinski definition) is 0. The molecular weight excluding hydrogens is 360 g/mol. The van der Waals surface area contributed by atoms with Gasteiger partial charge in [0.05, 0.1) is 12.1 Å². The van der Waals surface area contributed by atoms with Crippen molar-refractivity contribution in [3.05, 3.63) is 83.5 Å². The van der Waals surface area contributed by atoms with Crippen LogP contribution in [0.3, 0.4) is 0 Å².